The van der Waals surface area contributed by atoms with Gasteiger partial charge in [-0.15, -0.1) is 0 Å². The third-order valence-corrected chi connectivity index (χ3v) is 2.96. The Hall–Kier alpha value is -2.41. The second-order valence-corrected chi connectivity index (χ2v) is 5.30. The molecule has 0 spiro atoms. The zero-order chi connectivity index (χ0) is 15.3. The molecular formula is C14H19N5O2. The monoisotopic (exact) mass is 289 g/mol. The Labute approximate surface area is 123 Å². The van der Waals surface area contributed by atoms with Gasteiger partial charge < -0.3 is 15.7 Å². The number of benzene rings is 1. The second kappa shape index (κ2) is 6.36. The van der Waals surface area contributed by atoms with Gasteiger partial charge in [0, 0.05) is 17.8 Å². The number of aliphatic hydroxyl groups excluding tert-OH is 1. The topological polar surface area (TPSA) is 92.1 Å². The highest BCUT2D eigenvalue weighted by molar-refractivity contribution is 5.89. The van der Waals surface area contributed by atoms with Crippen molar-refractivity contribution in [1.82, 2.24) is 20.3 Å². The Morgan fingerprint density at radius 3 is 2.43 bits per heavy atom. The maximum atomic E-state index is 11.9. The van der Waals surface area contributed by atoms with Gasteiger partial charge in [0.15, 0.2) is 0 Å². The molecule has 112 valence electrons. The van der Waals surface area contributed by atoms with Crippen LogP contribution in [0.4, 0.5) is 10.5 Å². The minimum Gasteiger partial charge on any atom is -0.396 e. The number of nitrogens with one attached hydrogen (secondary N) is 2. The molecule has 2 aromatic rings. The Balaban J connectivity index is 1.96. The zero-order valence-corrected chi connectivity index (χ0v) is 12.1. The third kappa shape index (κ3) is 4.28. The number of hydrogen-bond donors (Lipinski definition) is 3. The van der Waals surface area contributed by atoms with Crippen molar-refractivity contribution in [3.05, 3.63) is 36.7 Å². The van der Waals surface area contributed by atoms with Crippen molar-refractivity contribution in [3.63, 3.8) is 0 Å². The van der Waals surface area contributed by atoms with Gasteiger partial charge in [-0.1, -0.05) is 0 Å². The minimum absolute atomic E-state index is 0.0266. The van der Waals surface area contributed by atoms with Crippen LogP contribution < -0.4 is 10.6 Å². The van der Waals surface area contributed by atoms with Crippen LogP contribution in [-0.2, 0) is 0 Å². The van der Waals surface area contributed by atoms with E-state index in [0.717, 1.165) is 5.69 Å². The number of rotatable bonds is 5. The van der Waals surface area contributed by atoms with Crippen LogP contribution in [0.25, 0.3) is 5.69 Å². The van der Waals surface area contributed by atoms with Gasteiger partial charge in [0.25, 0.3) is 0 Å². The molecule has 1 aromatic carbocycles. The third-order valence-electron chi connectivity index (χ3n) is 2.96. The number of aromatic nitrogens is 3. The van der Waals surface area contributed by atoms with Gasteiger partial charge in [-0.05, 0) is 44.5 Å². The fourth-order valence-corrected chi connectivity index (χ4v) is 1.84. The molecule has 0 aliphatic rings. The number of nitrogens with zero attached hydrogens (tertiary/aromatic N) is 3. The summed E-state index contributed by atoms with van der Waals surface area (Å²) in [5, 5.41) is 22.6. The van der Waals surface area contributed by atoms with Crippen LogP contribution in [0.5, 0.6) is 0 Å². The number of anilines is 1. The summed E-state index contributed by atoms with van der Waals surface area (Å²) in [5.41, 5.74) is 1.02. The first kappa shape index (κ1) is 15.0. The molecule has 0 aliphatic heterocycles. The molecule has 0 atom stereocenters. The molecule has 7 heteroatoms. The first-order chi connectivity index (χ1) is 10.00. The summed E-state index contributed by atoms with van der Waals surface area (Å²) >= 11 is 0. The van der Waals surface area contributed by atoms with E-state index in [1.807, 2.05) is 26.0 Å². The quantitative estimate of drug-likeness (QED) is 0.778. The molecule has 1 heterocycles. The highest BCUT2D eigenvalue weighted by Gasteiger charge is 2.19. The van der Waals surface area contributed by atoms with Crippen LogP contribution in [0.15, 0.2) is 36.7 Å². The largest absolute Gasteiger partial charge is 0.396 e. The van der Waals surface area contributed by atoms with Crippen LogP contribution in [0.3, 0.4) is 0 Å². The van der Waals surface area contributed by atoms with Gasteiger partial charge in [-0.25, -0.2) is 4.79 Å². The average molecular weight is 289 g/mol. The van der Waals surface area contributed by atoms with Crippen LogP contribution in [0, 0.1) is 0 Å². The smallest absolute Gasteiger partial charge is 0.319 e. The molecule has 2 rings (SSSR count). The van der Waals surface area contributed by atoms with E-state index in [1.54, 1.807) is 24.5 Å². The Morgan fingerprint density at radius 2 is 1.86 bits per heavy atom. The van der Waals surface area contributed by atoms with E-state index in [4.69, 9.17) is 5.11 Å². The number of urea groups is 1. The predicted molar refractivity (Wildman–Crippen MR) is 79.3 cm³/mol. The van der Waals surface area contributed by atoms with Crippen molar-refractivity contribution < 1.29 is 9.90 Å². The predicted octanol–water partition coefficient (Wildman–Crippen LogP) is 1.55. The molecular weight excluding hydrogens is 270 g/mol. The van der Waals surface area contributed by atoms with E-state index in [1.165, 1.54) is 4.80 Å². The van der Waals surface area contributed by atoms with Crippen molar-refractivity contribution in [3.8, 4) is 5.69 Å². The molecule has 0 unspecified atom stereocenters. The van der Waals surface area contributed by atoms with E-state index in [2.05, 4.69) is 20.8 Å². The average Bonchev–Trinajstić information content (AvgIpc) is 2.92. The van der Waals surface area contributed by atoms with E-state index in [0.29, 0.717) is 12.1 Å². The second-order valence-electron chi connectivity index (χ2n) is 5.30. The molecule has 0 aliphatic carbocycles. The normalized spacial score (nSPS) is 11.2. The van der Waals surface area contributed by atoms with Gasteiger partial charge in [0.05, 0.1) is 18.1 Å². The highest BCUT2D eigenvalue weighted by atomic mass is 16.3. The summed E-state index contributed by atoms with van der Waals surface area (Å²) in [4.78, 5) is 13.4. The molecule has 0 fully saturated rings. The van der Waals surface area contributed by atoms with E-state index in [9.17, 15) is 4.79 Å². The standard InChI is InChI=1S/C14H19N5O2/c1-14(2,7-10-20)18-13(21)17-11-3-5-12(6-4-11)19-15-8-9-16-19/h3-6,8-9,20H,7,10H2,1-2H3,(H2,17,18,21). The summed E-state index contributed by atoms with van der Waals surface area (Å²) in [6, 6.07) is 6.87. The van der Waals surface area contributed by atoms with E-state index < -0.39 is 5.54 Å². The molecule has 0 saturated carbocycles. The summed E-state index contributed by atoms with van der Waals surface area (Å²) in [6.45, 7) is 3.74. The number of hydrogen-bond acceptors (Lipinski definition) is 4. The van der Waals surface area contributed by atoms with Crippen LogP contribution in [-0.4, -0.2) is 38.3 Å². The first-order valence-corrected chi connectivity index (χ1v) is 6.67. The lowest BCUT2D eigenvalue weighted by Crippen LogP contribution is -2.46. The van der Waals surface area contributed by atoms with Gasteiger partial charge in [-0.2, -0.15) is 15.0 Å². The molecule has 2 amide bonds. The molecule has 0 radical (unpaired) electrons. The lowest BCUT2D eigenvalue weighted by atomic mass is 10.0. The lowest BCUT2D eigenvalue weighted by molar-refractivity contribution is 0.218. The van der Waals surface area contributed by atoms with Crippen LogP contribution in [0.1, 0.15) is 20.3 Å². The molecule has 21 heavy (non-hydrogen) atoms. The van der Waals surface area contributed by atoms with Crippen molar-refractivity contribution in [1.29, 1.82) is 0 Å². The summed E-state index contributed by atoms with van der Waals surface area (Å²) in [6.07, 6.45) is 3.69. The van der Waals surface area contributed by atoms with Crippen molar-refractivity contribution in [2.45, 2.75) is 25.8 Å². The Morgan fingerprint density at radius 1 is 1.24 bits per heavy atom. The van der Waals surface area contributed by atoms with Crippen molar-refractivity contribution in [2.75, 3.05) is 11.9 Å². The van der Waals surface area contributed by atoms with E-state index >= 15 is 0 Å². The SMILES string of the molecule is CC(C)(CCO)NC(=O)Nc1ccc(-n2nccn2)cc1. The number of carbonyl (C=O) groups is 1. The number of carbonyl (C=O) groups excluding carboxylic acids is 1. The van der Waals surface area contributed by atoms with Crippen LogP contribution >= 0.6 is 0 Å². The highest BCUT2D eigenvalue weighted by Crippen LogP contribution is 2.13. The minimum atomic E-state index is -0.461. The molecule has 0 saturated heterocycles. The van der Waals surface area contributed by atoms with Crippen molar-refractivity contribution >= 4 is 11.7 Å². The number of aliphatic hydroxyl groups is 1. The fraction of sp³-hybridized carbons (Fsp3) is 0.357. The summed E-state index contributed by atoms with van der Waals surface area (Å²) in [5.74, 6) is 0. The van der Waals surface area contributed by atoms with Gasteiger partial charge >= 0.3 is 6.03 Å². The van der Waals surface area contributed by atoms with Gasteiger partial charge in [0.2, 0.25) is 0 Å². The molecule has 3 N–H and O–H groups in total. The van der Waals surface area contributed by atoms with Gasteiger partial charge in [0.1, 0.15) is 0 Å². The maximum Gasteiger partial charge on any atom is 0.319 e. The maximum absolute atomic E-state index is 11.9. The molecule has 1 aromatic heterocycles. The Kier molecular flexibility index (Phi) is 4.54. The van der Waals surface area contributed by atoms with E-state index in [-0.39, 0.29) is 12.6 Å². The van der Waals surface area contributed by atoms with Crippen molar-refractivity contribution in [2.24, 2.45) is 0 Å². The summed E-state index contributed by atoms with van der Waals surface area (Å²) < 4.78 is 0. The lowest BCUT2D eigenvalue weighted by Gasteiger charge is -2.25. The molecule has 7 nitrogen and oxygen atoms in total. The van der Waals surface area contributed by atoms with Crippen LogP contribution in [0.2, 0.25) is 0 Å². The fourth-order valence-electron chi connectivity index (χ4n) is 1.84. The summed E-state index contributed by atoms with van der Waals surface area (Å²) in [7, 11) is 0. The number of amides is 2. The van der Waals surface area contributed by atoms with Gasteiger partial charge in [-0.3, -0.25) is 0 Å². The first-order valence-electron chi connectivity index (χ1n) is 6.67. The zero-order valence-electron chi connectivity index (χ0n) is 12.1. The Bertz CT molecular complexity index is 578. The molecule has 0 bridgehead atoms.